The smallest absolute Gasteiger partial charge is 0.247 e. The summed E-state index contributed by atoms with van der Waals surface area (Å²) in [5.41, 5.74) is 0.573. The molecule has 2 aromatic heterocycles. The number of nitrogens with zero attached hydrogens (tertiary/aromatic N) is 3. The number of benzene rings is 2. The molecule has 0 bridgehead atoms. The van der Waals surface area contributed by atoms with Gasteiger partial charge in [0.05, 0.1) is 27.4 Å². The third-order valence-electron chi connectivity index (χ3n) is 5.66. The van der Waals surface area contributed by atoms with Crippen LogP contribution >= 0.6 is 22.9 Å². The first kappa shape index (κ1) is 23.0. The van der Waals surface area contributed by atoms with Gasteiger partial charge in [0.2, 0.25) is 15.9 Å². The maximum Gasteiger partial charge on any atom is 0.247 e. The Balaban J connectivity index is 1.52. The molecule has 5 rings (SSSR count). The number of carbonyl (C=O) groups excluding carboxylic acids is 1. The Morgan fingerprint density at radius 2 is 2.00 bits per heavy atom. The van der Waals surface area contributed by atoms with E-state index in [1.165, 1.54) is 38.9 Å². The summed E-state index contributed by atoms with van der Waals surface area (Å²) in [6, 6.07) is 12.5. The third kappa shape index (κ3) is 4.22. The molecular weight excluding hydrogens is 501 g/mol. The minimum absolute atomic E-state index is 0.0575. The first-order chi connectivity index (χ1) is 16.3. The molecule has 11 heteroatoms. The topological polar surface area (TPSA) is 83.7 Å². The van der Waals surface area contributed by atoms with E-state index in [1.807, 2.05) is 6.07 Å². The number of fused-ring (bicyclic) bond motifs is 1. The zero-order valence-corrected chi connectivity index (χ0v) is 20.1. The van der Waals surface area contributed by atoms with E-state index in [0.717, 1.165) is 16.8 Å². The minimum Gasteiger partial charge on any atom is -0.467 e. The number of anilines is 1. The van der Waals surface area contributed by atoms with E-state index >= 15 is 0 Å². The van der Waals surface area contributed by atoms with Crippen molar-refractivity contribution < 1.29 is 22.0 Å². The fourth-order valence-electron chi connectivity index (χ4n) is 4.01. The molecular formula is C23H19ClFN3O4S2. The predicted molar refractivity (Wildman–Crippen MR) is 128 cm³/mol. The lowest BCUT2D eigenvalue weighted by atomic mass is 10.2. The highest BCUT2D eigenvalue weighted by Gasteiger charge is 2.42. The van der Waals surface area contributed by atoms with Crippen LogP contribution in [0.1, 0.15) is 18.6 Å². The summed E-state index contributed by atoms with van der Waals surface area (Å²) >= 11 is 7.59. The summed E-state index contributed by atoms with van der Waals surface area (Å²) in [5.74, 6) is -0.411. The number of hydrogen-bond donors (Lipinski definition) is 0. The Hall–Kier alpha value is -2.79. The van der Waals surface area contributed by atoms with Crippen molar-refractivity contribution in [2.24, 2.45) is 0 Å². The molecule has 0 N–H and O–H groups in total. The van der Waals surface area contributed by atoms with Crippen molar-refractivity contribution in [1.29, 1.82) is 0 Å². The average Bonchev–Trinajstić information content (AvgIpc) is 3.58. The van der Waals surface area contributed by atoms with Gasteiger partial charge in [-0.05, 0) is 61.4 Å². The molecule has 176 valence electrons. The number of carbonyl (C=O) groups is 1. The van der Waals surface area contributed by atoms with Crippen molar-refractivity contribution in [3.05, 3.63) is 77.5 Å². The highest BCUT2D eigenvalue weighted by molar-refractivity contribution is 7.89. The van der Waals surface area contributed by atoms with Crippen molar-refractivity contribution in [3.8, 4) is 0 Å². The van der Waals surface area contributed by atoms with Gasteiger partial charge in [-0.15, -0.1) is 0 Å². The van der Waals surface area contributed by atoms with E-state index in [2.05, 4.69) is 4.98 Å². The summed E-state index contributed by atoms with van der Waals surface area (Å²) in [6.07, 6.45) is 2.39. The van der Waals surface area contributed by atoms with E-state index in [9.17, 15) is 17.6 Å². The third-order valence-corrected chi connectivity index (χ3v) is 8.93. The number of halogens is 2. The van der Waals surface area contributed by atoms with Gasteiger partial charge in [-0.1, -0.05) is 29.0 Å². The second kappa shape index (κ2) is 9.10. The highest BCUT2D eigenvalue weighted by Crippen LogP contribution is 2.35. The van der Waals surface area contributed by atoms with Crippen molar-refractivity contribution >= 4 is 54.2 Å². The van der Waals surface area contributed by atoms with Crippen LogP contribution in [0.4, 0.5) is 9.52 Å². The Bertz CT molecular complexity index is 1440. The summed E-state index contributed by atoms with van der Waals surface area (Å²) in [7, 11) is -4.00. The van der Waals surface area contributed by atoms with Gasteiger partial charge >= 0.3 is 0 Å². The van der Waals surface area contributed by atoms with Crippen molar-refractivity contribution in [1.82, 2.24) is 9.29 Å². The lowest BCUT2D eigenvalue weighted by molar-refractivity contribution is -0.121. The normalized spacial score (nSPS) is 16.8. The van der Waals surface area contributed by atoms with Gasteiger partial charge in [0, 0.05) is 6.54 Å². The Kier molecular flexibility index (Phi) is 6.15. The van der Waals surface area contributed by atoms with Gasteiger partial charge in [0.1, 0.15) is 23.1 Å². The average molecular weight is 520 g/mol. The Morgan fingerprint density at radius 3 is 2.71 bits per heavy atom. The number of furan rings is 1. The van der Waals surface area contributed by atoms with Crippen LogP contribution in [0.25, 0.3) is 10.2 Å². The number of amides is 1. The number of para-hydroxylation sites is 1. The molecule has 1 unspecified atom stereocenters. The number of hydrogen-bond acceptors (Lipinski definition) is 6. The molecule has 0 aliphatic carbocycles. The zero-order valence-electron chi connectivity index (χ0n) is 17.7. The molecule has 34 heavy (non-hydrogen) atoms. The molecule has 1 amide bonds. The lowest BCUT2D eigenvalue weighted by Gasteiger charge is -2.28. The van der Waals surface area contributed by atoms with Crippen molar-refractivity contribution in [2.75, 3.05) is 11.4 Å². The monoisotopic (exact) mass is 519 g/mol. The SMILES string of the molecule is O=C(C1CCCN1S(=O)(=O)c1ccc(F)cc1)N(Cc1ccco1)c1nc2c(Cl)cccc2s1. The molecule has 1 aliphatic heterocycles. The van der Waals surface area contributed by atoms with Crippen LogP contribution in [0, 0.1) is 5.82 Å². The number of sulfonamides is 1. The van der Waals surface area contributed by atoms with Crippen LogP contribution in [-0.4, -0.2) is 36.2 Å². The first-order valence-electron chi connectivity index (χ1n) is 10.5. The molecule has 0 radical (unpaired) electrons. The molecule has 1 fully saturated rings. The molecule has 3 heterocycles. The van der Waals surface area contributed by atoms with Gasteiger partial charge in [-0.3, -0.25) is 9.69 Å². The first-order valence-corrected chi connectivity index (χ1v) is 13.1. The number of thiazole rings is 1. The van der Waals surface area contributed by atoms with Gasteiger partial charge < -0.3 is 4.42 Å². The molecule has 1 saturated heterocycles. The number of aromatic nitrogens is 1. The van der Waals surface area contributed by atoms with Crippen LogP contribution < -0.4 is 4.90 Å². The van der Waals surface area contributed by atoms with E-state index in [-0.39, 0.29) is 18.0 Å². The quantitative estimate of drug-likeness (QED) is 0.355. The van der Waals surface area contributed by atoms with Gasteiger partial charge in [-0.2, -0.15) is 4.31 Å². The maximum absolute atomic E-state index is 13.8. The fourth-order valence-corrected chi connectivity index (χ4v) is 6.93. The number of rotatable bonds is 6. The maximum atomic E-state index is 13.8. The zero-order chi connectivity index (χ0) is 23.9. The van der Waals surface area contributed by atoms with Crippen LogP contribution in [0.3, 0.4) is 0 Å². The molecule has 0 saturated carbocycles. The van der Waals surface area contributed by atoms with Gasteiger partial charge in [-0.25, -0.2) is 17.8 Å². The molecule has 1 aliphatic rings. The molecule has 1 atom stereocenters. The van der Waals surface area contributed by atoms with Crippen LogP contribution in [0.5, 0.6) is 0 Å². The van der Waals surface area contributed by atoms with Gasteiger partial charge in [0.25, 0.3) is 0 Å². The van der Waals surface area contributed by atoms with Crippen molar-refractivity contribution in [2.45, 2.75) is 30.3 Å². The Labute approximate surface area is 204 Å². The van der Waals surface area contributed by atoms with Crippen LogP contribution in [0.2, 0.25) is 5.02 Å². The largest absolute Gasteiger partial charge is 0.467 e. The summed E-state index contributed by atoms with van der Waals surface area (Å²) < 4.78 is 47.4. The summed E-state index contributed by atoms with van der Waals surface area (Å²) in [5, 5.41) is 0.863. The van der Waals surface area contributed by atoms with E-state index in [4.69, 9.17) is 16.0 Å². The second-order valence-corrected chi connectivity index (χ2v) is 11.1. The van der Waals surface area contributed by atoms with Gasteiger partial charge in [0.15, 0.2) is 5.13 Å². The predicted octanol–water partition coefficient (Wildman–Crippen LogP) is 5.07. The van der Waals surface area contributed by atoms with E-state index in [0.29, 0.717) is 34.3 Å². The highest BCUT2D eigenvalue weighted by atomic mass is 35.5. The second-order valence-electron chi connectivity index (χ2n) is 7.81. The van der Waals surface area contributed by atoms with Crippen molar-refractivity contribution in [3.63, 3.8) is 0 Å². The van der Waals surface area contributed by atoms with Crippen LogP contribution in [0.15, 0.2) is 70.2 Å². The Morgan fingerprint density at radius 1 is 1.21 bits per heavy atom. The van der Waals surface area contributed by atoms with E-state index < -0.39 is 27.8 Å². The molecule has 4 aromatic rings. The summed E-state index contributed by atoms with van der Waals surface area (Å²) in [4.78, 5) is 19.8. The summed E-state index contributed by atoms with van der Waals surface area (Å²) in [6.45, 7) is 0.278. The standard InChI is InChI=1S/C23H19ClFN3O4S2/c24-18-5-1-7-20-21(18)26-23(33-20)27(14-16-4-3-13-32-16)22(29)19-6-2-12-28(19)34(30,31)17-10-8-15(25)9-11-17/h1,3-5,7-11,13,19H,2,6,12,14H2. The minimum atomic E-state index is -4.00. The molecule has 0 spiro atoms. The molecule has 2 aromatic carbocycles. The lowest BCUT2D eigenvalue weighted by Crippen LogP contribution is -2.47. The fraction of sp³-hybridized carbons (Fsp3) is 0.217. The van der Waals surface area contributed by atoms with Crippen LogP contribution in [-0.2, 0) is 21.4 Å². The molecule has 7 nitrogen and oxygen atoms in total. The van der Waals surface area contributed by atoms with E-state index in [1.54, 1.807) is 24.3 Å².